The van der Waals surface area contributed by atoms with Crippen LogP contribution in [0.3, 0.4) is 0 Å². The highest BCUT2D eigenvalue weighted by Crippen LogP contribution is 2.54. The molecule has 0 atom stereocenters. The second kappa shape index (κ2) is 12.8. The van der Waals surface area contributed by atoms with Crippen LogP contribution >= 0.6 is 0 Å². The highest BCUT2D eigenvalue weighted by atomic mass is 15.1. The average molecular weight is 761 g/mol. The Kier molecular flexibility index (Phi) is 7.05. The molecule has 13 aromatic carbocycles. The lowest BCUT2D eigenvalue weighted by Crippen LogP contribution is -2.10. The molecule has 0 aliphatic heterocycles. The Labute approximate surface area is 347 Å². The van der Waals surface area contributed by atoms with Gasteiger partial charge in [-0.2, -0.15) is 0 Å². The molecule has 13 rings (SSSR count). The van der Waals surface area contributed by atoms with E-state index in [0.29, 0.717) is 0 Å². The number of anilines is 6. The van der Waals surface area contributed by atoms with Crippen LogP contribution in [0.1, 0.15) is 0 Å². The minimum atomic E-state index is 1.13. The van der Waals surface area contributed by atoms with Crippen molar-refractivity contribution in [1.82, 2.24) is 0 Å². The van der Waals surface area contributed by atoms with Gasteiger partial charge in [-0.1, -0.05) is 158 Å². The maximum absolute atomic E-state index is 2.43. The van der Waals surface area contributed by atoms with Crippen molar-refractivity contribution in [3.63, 3.8) is 0 Å². The summed E-state index contributed by atoms with van der Waals surface area (Å²) >= 11 is 0. The summed E-state index contributed by atoms with van der Waals surface area (Å²) in [5.41, 5.74) is 6.86. The standard InChI is InChI=1S/C58H36N2/c1-5-17-37(18-6-1)59(38-19-7-2-8-20-38)51-35-33-45-41-25-13-15-27-43(41)55-50-32-30-48-52(60(39-21-9-3-10-22-39)40-23-11-4-12-24-40)36-34-46-42-26-14-16-28-44(42)56(58(50)54(46)48)49-31-29-47(51)53(45)57(49)55/h1-36H. The number of para-hydroxylation sites is 4. The first kappa shape index (κ1) is 33.1. The molecule has 0 heterocycles. The molecule has 0 N–H and O–H groups in total. The molecule has 0 radical (unpaired) electrons. The van der Waals surface area contributed by atoms with E-state index in [-0.39, 0.29) is 0 Å². The molecule has 0 saturated carbocycles. The predicted octanol–water partition coefficient (Wildman–Crippen LogP) is 16.7. The molecule has 278 valence electrons. The molecule has 2 nitrogen and oxygen atoms in total. The second-order valence-corrected chi connectivity index (χ2v) is 15.9. The van der Waals surface area contributed by atoms with Gasteiger partial charge in [-0.3, -0.25) is 0 Å². The molecular formula is C58H36N2. The minimum Gasteiger partial charge on any atom is -0.310 e. The van der Waals surface area contributed by atoms with Crippen molar-refractivity contribution in [1.29, 1.82) is 0 Å². The summed E-state index contributed by atoms with van der Waals surface area (Å²) in [6.07, 6.45) is 0. The van der Waals surface area contributed by atoms with Crippen molar-refractivity contribution in [3.05, 3.63) is 218 Å². The van der Waals surface area contributed by atoms with Gasteiger partial charge in [-0.25, -0.2) is 0 Å². The zero-order valence-electron chi connectivity index (χ0n) is 32.7. The first-order chi connectivity index (χ1) is 29.8. The van der Waals surface area contributed by atoms with Gasteiger partial charge in [-0.15, -0.1) is 0 Å². The molecule has 60 heavy (non-hydrogen) atoms. The fourth-order valence-electron chi connectivity index (χ4n) is 10.5. The van der Waals surface area contributed by atoms with Gasteiger partial charge < -0.3 is 9.80 Å². The first-order valence-corrected chi connectivity index (χ1v) is 20.8. The maximum atomic E-state index is 2.43. The summed E-state index contributed by atoms with van der Waals surface area (Å²) in [5, 5.41) is 20.7. The van der Waals surface area contributed by atoms with E-state index in [9.17, 15) is 0 Å². The molecule has 0 bridgehead atoms. The third kappa shape index (κ3) is 4.59. The SMILES string of the molecule is c1ccc(N(c2ccccc2)c2ccc3c4ccccc4c4c5ccc6c(N(c7ccccc7)c7ccccc7)ccc7c8ccccc8c(c8ccc2c3c84)c5c67)cc1. The lowest BCUT2D eigenvalue weighted by molar-refractivity contribution is 1.30. The van der Waals surface area contributed by atoms with Crippen LogP contribution in [-0.4, -0.2) is 0 Å². The highest BCUT2D eigenvalue weighted by molar-refractivity contribution is 6.49. The molecule has 0 saturated heterocycles. The van der Waals surface area contributed by atoms with Crippen molar-refractivity contribution >= 4 is 120 Å². The van der Waals surface area contributed by atoms with Crippen molar-refractivity contribution in [3.8, 4) is 0 Å². The van der Waals surface area contributed by atoms with Gasteiger partial charge in [0.25, 0.3) is 0 Å². The second-order valence-electron chi connectivity index (χ2n) is 15.9. The third-order valence-electron chi connectivity index (χ3n) is 12.9. The van der Waals surface area contributed by atoms with Gasteiger partial charge in [-0.05, 0) is 125 Å². The smallest absolute Gasteiger partial charge is 0.0540 e. The molecule has 2 heteroatoms. The van der Waals surface area contributed by atoms with Gasteiger partial charge in [0, 0.05) is 44.3 Å². The highest BCUT2D eigenvalue weighted by Gasteiger charge is 2.26. The van der Waals surface area contributed by atoms with Gasteiger partial charge in [0.1, 0.15) is 0 Å². The number of hydrogen-bond acceptors (Lipinski definition) is 2. The lowest BCUT2D eigenvalue weighted by atomic mass is 9.80. The van der Waals surface area contributed by atoms with E-state index in [0.717, 1.165) is 22.7 Å². The van der Waals surface area contributed by atoms with Crippen molar-refractivity contribution in [2.24, 2.45) is 0 Å². The fourth-order valence-corrected chi connectivity index (χ4v) is 10.5. The molecule has 0 spiro atoms. The summed E-state index contributed by atoms with van der Waals surface area (Å²) in [6.45, 7) is 0. The molecule has 13 aromatic rings. The number of benzene rings is 13. The van der Waals surface area contributed by atoms with Crippen LogP contribution in [0, 0.1) is 0 Å². The third-order valence-corrected chi connectivity index (χ3v) is 12.9. The van der Waals surface area contributed by atoms with E-state index in [4.69, 9.17) is 0 Å². The molecule has 0 amide bonds. The van der Waals surface area contributed by atoms with E-state index in [1.165, 1.54) is 97.6 Å². The average Bonchev–Trinajstić information content (AvgIpc) is 3.32. The summed E-state index contributed by atoms with van der Waals surface area (Å²) in [6, 6.07) is 80.3. The van der Waals surface area contributed by atoms with Gasteiger partial charge in [0.05, 0.1) is 11.4 Å². The van der Waals surface area contributed by atoms with Gasteiger partial charge in [0.15, 0.2) is 0 Å². The van der Waals surface area contributed by atoms with Crippen LogP contribution in [0.15, 0.2) is 218 Å². The number of rotatable bonds is 6. The van der Waals surface area contributed by atoms with Gasteiger partial charge >= 0.3 is 0 Å². The van der Waals surface area contributed by atoms with Crippen LogP contribution in [0.2, 0.25) is 0 Å². The predicted molar refractivity (Wildman–Crippen MR) is 258 cm³/mol. The first-order valence-electron chi connectivity index (χ1n) is 20.8. The Morgan fingerprint density at radius 2 is 0.417 bits per heavy atom. The number of nitrogens with zero attached hydrogens (tertiary/aromatic N) is 2. The molecule has 0 aliphatic carbocycles. The molecule has 0 unspecified atom stereocenters. The van der Waals surface area contributed by atoms with Crippen LogP contribution in [0.5, 0.6) is 0 Å². The Morgan fingerprint density at radius 3 is 0.767 bits per heavy atom. The van der Waals surface area contributed by atoms with Crippen LogP contribution < -0.4 is 9.80 Å². The van der Waals surface area contributed by atoms with E-state index < -0.39 is 0 Å². The lowest BCUT2D eigenvalue weighted by Gasteiger charge is -2.29. The van der Waals surface area contributed by atoms with Crippen molar-refractivity contribution in [2.75, 3.05) is 9.80 Å². The normalized spacial score (nSPS) is 12.0. The van der Waals surface area contributed by atoms with Crippen molar-refractivity contribution < 1.29 is 0 Å². The van der Waals surface area contributed by atoms with E-state index in [2.05, 4.69) is 228 Å². The Hall–Kier alpha value is -7.94. The largest absolute Gasteiger partial charge is 0.310 e. The fraction of sp³-hybridized carbons (Fsp3) is 0. The molecular weight excluding hydrogens is 725 g/mol. The summed E-state index contributed by atoms with van der Waals surface area (Å²) in [4.78, 5) is 4.83. The zero-order valence-corrected chi connectivity index (χ0v) is 32.7. The zero-order chi connectivity index (χ0) is 39.3. The van der Waals surface area contributed by atoms with Gasteiger partial charge in [0.2, 0.25) is 0 Å². The summed E-state index contributed by atoms with van der Waals surface area (Å²) in [5.74, 6) is 0. The summed E-state index contributed by atoms with van der Waals surface area (Å²) < 4.78 is 0. The monoisotopic (exact) mass is 760 g/mol. The Morgan fingerprint density at radius 1 is 0.167 bits per heavy atom. The number of fused-ring (bicyclic) bond motifs is 8. The van der Waals surface area contributed by atoms with Crippen LogP contribution in [-0.2, 0) is 0 Å². The number of hydrogen-bond donors (Lipinski definition) is 0. The maximum Gasteiger partial charge on any atom is 0.0540 e. The Balaban J connectivity index is 1.22. The van der Waals surface area contributed by atoms with E-state index >= 15 is 0 Å². The topological polar surface area (TPSA) is 6.48 Å². The van der Waals surface area contributed by atoms with Crippen molar-refractivity contribution in [2.45, 2.75) is 0 Å². The van der Waals surface area contributed by atoms with Crippen LogP contribution in [0.4, 0.5) is 34.1 Å². The van der Waals surface area contributed by atoms with E-state index in [1.54, 1.807) is 0 Å². The minimum absolute atomic E-state index is 1.13. The molecule has 0 fully saturated rings. The molecule has 0 aromatic heterocycles. The van der Waals surface area contributed by atoms with E-state index in [1.807, 2.05) is 0 Å². The van der Waals surface area contributed by atoms with Crippen LogP contribution in [0.25, 0.3) is 86.2 Å². The quantitative estimate of drug-likeness (QED) is 0.123. The molecule has 0 aliphatic rings. The summed E-state index contributed by atoms with van der Waals surface area (Å²) in [7, 11) is 0. The Bertz CT molecular complexity index is 3420.